The predicted molar refractivity (Wildman–Crippen MR) is 72.8 cm³/mol. The van der Waals surface area contributed by atoms with Gasteiger partial charge in [-0.1, -0.05) is 0 Å². The van der Waals surface area contributed by atoms with Crippen LogP contribution in [-0.2, 0) is 16.0 Å². The summed E-state index contributed by atoms with van der Waals surface area (Å²) in [5, 5.41) is 1.04. The number of nitrogens with zero attached hydrogens (tertiary/aromatic N) is 1. The molecule has 0 saturated heterocycles. The molecule has 0 unspecified atom stereocenters. The molecular weight excluding hydrogens is 246 g/mol. The van der Waals surface area contributed by atoms with E-state index in [1.165, 1.54) is 0 Å². The third kappa shape index (κ3) is 2.67. The first-order valence-corrected chi connectivity index (χ1v) is 6.00. The van der Waals surface area contributed by atoms with Gasteiger partial charge in [-0.2, -0.15) is 0 Å². The molecule has 0 fully saturated rings. The summed E-state index contributed by atoms with van der Waals surface area (Å²) in [7, 11) is 6.54. The highest BCUT2D eigenvalue weighted by atomic mass is 16.7. The van der Waals surface area contributed by atoms with E-state index < -0.39 is 0 Å². The van der Waals surface area contributed by atoms with Crippen LogP contribution in [-0.4, -0.2) is 39.3 Å². The van der Waals surface area contributed by atoms with Crippen LogP contribution in [0.5, 0.6) is 11.5 Å². The summed E-state index contributed by atoms with van der Waals surface area (Å²) < 4.78 is 23.2. The van der Waals surface area contributed by atoms with Gasteiger partial charge in [-0.15, -0.1) is 0 Å². The Morgan fingerprint density at radius 3 is 2.37 bits per heavy atom. The zero-order chi connectivity index (χ0) is 13.8. The van der Waals surface area contributed by atoms with Crippen LogP contribution < -0.4 is 9.47 Å². The molecule has 0 bridgehead atoms. The van der Waals surface area contributed by atoms with Crippen LogP contribution in [0, 0.1) is 0 Å². The lowest BCUT2D eigenvalue weighted by Crippen LogP contribution is -2.19. The Labute approximate surface area is 112 Å². The summed E-state index contributed by atoms with van der Waals surface area (Å²) >= 11 is 0. The van der Waals surface area contributed by atoms with Crippen molar-refractivity contribution in [2.24, 2.45) is 0 Å². The molecule has 0 radical (unpaired) electrons. The molecule has 5 nitrogen and oxygen atoms in total. The quantitative estimate of drug-likeness (QED) is 0.751. The van der Waals surface area contributed by atoms with Crippen LogP contribution in [0.4, 0.5) is 0 Å². The second-order valence-electron chi connectivity index (χ2n) is 4.13. The molecule has 0 aliphatic heterocycles. The SMILES string of the molecule is COc1cc(OC)c2ccn(CC(OC)OC)c2c1. The molecule has 104 valence electrons. The van der Waals surface area contributed by atoms with E-state index in [1.54, 1.807) is 28.4 Å². The van der Waals surface area contributed by atoms with Crippen molar-refractivity contribution in [3.05, 3.63) is 24.4 Å². The number of benzene rings is 1. The van der Waals surface area contributed by atoms with E-state index >= 15 is 0 Å². The minimum absolute atomic E-state index is 0.284. The second kappa shape index (κ2) is 5.95. The number of hydrogen-bond acceptors (Lipinski definition) is 4. The summed E-state index contributed by atoms with van der Waals surface area (Å²) in [6.07, 6.45) is 1.70. The molecule has 2 rings (SSSR count). The van der Waals surface area contributed by atoms with Crippen molar-refractivity contribution in [2.75, 3.05) is 28.4 Å². The van der Waals surface area contributed by atoms with E-state index in [0.29, 0.717) is 6.54 Å². The van der Waals surface area contributed by atoms with Gasteiger partial charge in [-0.25, -0.2) is 0 Å². The molecular formula is C14H19NO4. The first-order valence-electron chi connectivity index (χ1n) is 6.00. The molecule has 0 amide bonds. The maximum Gasteiger partial charge on any atom is 0.174 e. The van der Waals surface area contributed by atoms with Gasteiger partial charge in [0.2, 0.25) is 0 Å². The fourth-order valence-electron chi connectivity index (χ4n) is 2.09. The third-order valence-electron chi connectivity index (χ3n) is 3.15. The fourth-order valence-corrected chi connectivity index (χ4v) is 2.09. The normalized spacial score (nSPS) is 11.2. The monoisotopic (exact) mass is 265 g/mol. The molecule has 0 aliphatic carbocycles. The third-order valence-corrected chi connectivity index (χ3v) is 3.15. The zero-order valence-corrected chi connectivity index (χ0v) is 11.7. The van der Waals surface area contributed by atoms with Crippen LogP contribution in [0.1, 0.15) is 0 Å². The Morgan fingerprint density at radius 1 is 1.05 bits per heavy atom. The van der Waals surface area contributed by atoms with Gasteiger partial charge in [0, 0.05) is 37.9 Å². The lowest BCUT2D eigenvalue weighted by atomic mass is 10.2. The largest absolute Gasteiger partial charge is 0.497 e. The molecule has 19 heavy (non-hydrogen) atoms. The molecule has 0 aliphatic rings. The van der Waals surface area contributed by atoms with E-state index in [-0.39, 0.29) is 6.29 Å². The second-order valence-corrected chi connectivity index (χ2v) is 4.13. The lowest BCUT2D eigenvalue weighted by molar-refractivity contribution is -0.110. The number of hydrogen-bond donors (Lipinski definition) is 0. The van der Waals surface area contributed by atoms with E-state index in [4.69, 9.17) is 18.9 Å². The maximum atomic E-state index is 5.39. The Bertz CT molecular complexity index is 546. The lowest BCUT2D eigenvalue weighted by Gasteiger charge is -2.15. The van der Waals surface area contributed by atoms with Gasteiger partial charge in [0.1, 0.15) is 11.5 Å². The number of aromatic nitrogens is 1. The van der Waals surface area contributed by atoms with Crippen molar-refractivity contribution in [3.63, 3.8) is 0 Å². The van der Waals surface area contributed by atoms with Gasteiger partial charge in [0.05, 0.1) is 26.3 Å². The summed E-state index contributed by atoms with van der Waals surface area (Å²) in [5.74, 6) is 1.55. The van der Waals surface area contributed by atoms with E-state index in [2.05, 4.69) is 4.57 Å². The van der Waals surface area contributed by atoms with Gasteiger partial charge >= 0.3 is 0 Å². The number of rotatable bonds is 6. The Balaban J connectivity index is 2.45. The van der Waals surface area contributed by atoms with Crippen LogP contribution in [0.2, 0.25) is 0 Å². The van der Waals surface area contributed by atoms with Gasteiger partial charge in [0.25, 0.3) is 0 Å². The highest BCUT2D eigenvalue weighted by Crippen LogP contribution is 2.32. The van der Waals surface area contributed by atoms with Gasteiger partial charge in [0.15, 0.2) is 6.29 Å². The molecule has 1 aromatic carbocycles. The summed E-state index contributed by atoms with van der Waals surface area (Å²) in [5.41, 5.74) is 1.02. The van der Waals surface area contributed by atoms with E-state index in [9.17, 15) is 0 Å². The molecule has 5 heteroatoms. The predicted octanol–water partition coefficient (Wildman–Crippen LogP) is 2.28. The fraction of sp³-hybridized carbons (Fsp3) is 0.429. The van der Waals surface area contributed by atoms with E-state index in [1.807, 2.05) is 24.4 Å². The van der Waals surface area contributed by atoms with Crippen molar-refractivity contribution in [1.82, 2.24) is 4.57 Å². The summed E-state index contributed by atoms with van der Waals surface area (Å²) in [6.45, 7) is 0.604. The standard InChI is InChI=1S/C14H19NO4/c1-16-10-7-12-11(13(8-10)17-2)5-6-15(12)9-14(18-3)19-4/h5-8,14H,9H2,1-4H3. The molecule has 1 aromatic heterocycles. The van der Waals surface area contributed by atoms with Crippen molar-refractivity contribution < 1.29 is 18.9 Å². The molecule has 0 atom stereocenters. The zero-order valence-electron chi connectivity index (χ0n) is 11.7. The van der Waals surface area contributed by atoms with E-state index in [0.717, 1.165) is 22.4 Å². The summed E-state index contributed by atoms with van der Waals surface area (Å²) in [4.78, 5) is 0. The Morgan fingerprint density at radius 2 is 1.79 bits per heavy atom. The number of ether oxygens (including phenoxy) is 4. The minimum Gasteiger partial charge on any atom is -0.497 e. The molecule has 0 saturated carbocycles. The maximum absolute atomic E-state index is 5.39. The highest BCUT2D eigenvalue weighted by molar-refractivity contribution is 5.88. The topological polar surface area (TPSA) is 41.9 Å². The van der Waals surface area contributed by atoms with Crippen LogP contribution >= 0.6 is 0 Å². The number of fused-ring (bicyclic) bond motifs is 1. The van der Waals surface area contributed by atoms with Crippen molar-refractivity contribution >= 4 is 10.9 Å². The van der Waals surface area contributed by atoms with Crippen molar-refractivity contribution in [1.29, 1.82) is 0 Å². The van der Waals surface area contributed by atoms with Crippen LogP contribution in [0.3, 0.4) is 0 Å². The molecule has 1 heterocycles. The van der Waals surface area contributed by atoms with Gasteiger partial charge in [-0.05, 0) is 6.07 Å². The average Bonchev–Trinajstić information content (AvgIpc) is 2.86. The van der Waals surface area contributed by atoms with Crippen LogP contribution in [0.15, 0.2) is 24.4 Å². The minimum atomic E-state index is -0.284. The van der Waals surface area contributed by atoms with Gasteiger partial charge < -0.3 is 23.5 Å². The molecule has 0 N–H and O–H groups in total. The Hall–Kier alpha value is -1.72. The number of methoxy groups -OCH3 is 4. The van der Waals surface area contributed by atoms with Crippen molar-refractivity contribution in [2.45, 2.75) is 12.8 Å². The smallest absolute Gasteiger partial charge is 0.174 e. The molecule has 2 aromatic rings. The summed E-state index contributed by atoms with van der Waals surface area (Å²) in [6, 6.07) is 5.85. The Kier molecular flexibility index (Phi) is 4.29. The average molecular weight is 265 g/mol. The highest BCUT2D eigenvalue weighted by Gasteiger charge is 2.12. The first-order chi connectivity index (χ1) is 9.23. The van der Waals surface area contributed by atoms with Gasteiger partial charge in [-0.3, -0.25) is 0 Å². The first kappa shape index (κ1) is 13.7. The molecule has 0 spiro atoms. The van der Waals surface area contributed by atoms with Crippen LogP contribution in [0.25, 0.3) is 10.9 Å². The van der Waals surface area contributed by atoms with Crippen molar-refractivity contribution in [3.8, 4) is 11.5 Å².